The number of nitrogens with two attached hydrogens (primary N) is 1. The van der Waals surface area contributed by atoms with Crippen LogP contribution in [-0.2, 0) is 13.7 Å². The maximum absolute atomic E-state index is 5.57. The quantitative estimate of drug-likeness (QED) is 0.770. The lowest BCUT2D eigenvalue weighted by Crippen LogP contribution is -1.94. The molecule has 4 heteroatoms. The van der Waals surface area contributed by atoms with Gasteiger partial charge in [0.15, 0.2) is 0 Å². The summed E-state index contributed by atoms with van der Waals surface area (Å²) < 4.78 is 7.30. The van der Waals surface area contributed by atoms with Crippen molar-refractivity contribution in [3.8, 4) is 5.75 Å². The minimum absolute atomic E-state index is 0.526. The maximum Gasteiger partial charge on any atom is 0.119 e. The Morgan fingerprint density at radius 1 is 1.33 bits per heavy atom. The predicted molar refractivity (Wildman–Crippen MR) is 58.4 cm³/mol. The van der Waals surface area contributed by atoms with E-state index in [4.69, 9.17) is 10.5 Å². The molecule has 0 radical (unpaired) electrons. The Labute approximate surface area is 88.3 Å². The Morgan fingerprint density at radius 3 is 2.67 bits per heavy atom. The van der Waals surface area contributed by atoms with Crippen LogP contribution in [0.15, 0.2) is 36.7 Å². The molecule has 0 saturated heterocycles. The van der Waals surface area contributed by atoms with Crippen LogP contribution in [0.3, 0.4) is 0 Å². The van der Waals surface area contributed by atoms with Crippen LogP contribution >= 0.6 is 0 Å². The van der Waals surface area contributed by atoms with Gasteiger partial charge in [0, 0.05) is 24.5 Å². The van der Waals surface area contributed by atoms with Crippen LogP contribution in [0.5, 0.6) is 5.75 Å². The van der Waals surface area contributed by atoms with Crippen molar-refractivity contribution < 1.29 is 4.74 Å². The van der Waals surface area contributed by atoms with E-state index in [1.165, 1.54) is 0 Å². The van der Waals surface area contributed by atoms with E-state index < -0.39 is 0 Å². The van der Waals surface area contributed by atoms with E-state index in [0.29, 0.717) is 6.61 Å². The third-order valence-electron chi connectivity index (χ3n) is 2.04. The second kappa shape index (κ2) is 4.04. The molecule has 0 aliphatic rings. The highest BCUT2D eigenvalue weighted by Crippen LogP contribution is 2.14. The van der Waals surface area contributed by atoms with E-state index in [1.807, 2.05) is 37.5 Å². The molecule has 1 heterocycles. The molecule has 2 N–H and O–H groups in total. The second-order valence-electron chi connectivity index (χ2n) is 3.38. The molecule has 2 aromatic rings. The molecule has 15 heavy (non-hydrogen) atoms. The number of hydrogen-bond acceptors (Lipinski definition) is 3. The summed E-state index contributed by atoms with van der Waals surface area (Å²) in [6.07, 6.45) is 3.72. The van der Waals surface area contributed by atoms with Gasteiger partial charge in [-0.2, -0.15) is 5.10 Å². The minimum atomic E-state index is 0.526. The smallest absolute Gasteiger partial charge is 0.119 e. The second-order valence-corrected chi connectivity index (χ2v) is 3.38. The van der Waals surface area contributed by atoms with E-state index in [9.17, 15) is 0 Å². The van der Waals surface area contributed by atoms with Crippen molar-refractivity contribution in [3.63, 3.8) is 0 Å². The lowest BCUT2D eigenvalue weighted by atomic mass is 10.3. The van der Waals surface area contributed by atoms with Crippen molar-refractivity contribution in [3.05, 3.63) is 42.2 Å². The molecule has 0 fully saturated rings. The Hall–Kier alpha value is -1.97. The predicted octanol–water partition coefficient (Wildman–Crippen LogP) is 1.58. The van der Waals surface area contributed by atoms with Crippen LogP contribution in [0.25, 0.3) is 0 Å². The Kier molecular flexibility index (Phi) is 2.58. The first-order valence-corrected chi connectivity index (χ1v) is 4.70. The van der Waals surface area contributed by atoms with Crippen molar-refractivity contribution >= 4 is 5.69 Å². The fourth-order valence-corrected chi connectivity index (χ4v) is 1.28. The largest absolute Gasteiger partial charge is 0.489 e. The molecule has 4 nitrogen and oxygen atoms in total. The minimum Gasteiger partial charge on any atom is -0.489 e. The molecule has 1 aromatic heterocycles. The van der Waals surface area contributed by atoms with Gasteiger partial charge in [-0.3, -0.25) is 4.68 Å². The standard InChI is InChI=1S/C11H13N3O/c1-14-7-9(6-13-14)8-15-11-4-2-10(12)3-5-11/h2-7H,8,12H2,1H3. The zero-order chi connectivity index (χ0) is 10.7. The third kappa shape index (κ3) is 2.49. The highest BCUT2D eigenvalue weighted by atomic mass is 16.5. The topological polar surface area (TPSA) is 53.1 Å². The monoisotopic (exact) mass is 203 g/mol. The molecule has 0 atom stereocenters. The normalized spacial score (nSPS) is 10.2. The van der Waals surface area contributed by atoms with Crippen LogP contribution in [0, 0.1) is 0 Å². The van der Waals surface area contributed by atoms with Gasteiger partial charge in [-0.25, -0.2) is 0 Å². The molecule has 1 aromatic carbocycles. The summed E-state index contributed by atoms with van der Waals surface area (Å²) in [7, 11) is 1.88. The number of aryl methyl sites for hydroxylation is 1. The first kappa shape index (κ1) is 9.58. The summed E-state index contributed by atoms with van der Waals surface area (Å²) in [6.45, 7) is 0.526. The zero-order valence-electron chi connectivity index (χ0n) is 8.55. The van der Waals surface area contributed by atoms with Gasteiger partial charge in [-0.1, -0.05) is 0 Å². The van der Waals surface area contributed by atoms with Crippen LogP contribution in [0.2, 0.25) is 0 Å². The molecule has 0 aliphatic carbocycles. The van der Waals surface area contributed by atoms with Crippen molar-refractivity contribution in [2.45, 2.75) is 6.61 Å². The molecule has 0 bridgehead atoms. The van der Waals surface area contributed by atoms with Crippen molar-refractivity contribution in [2.24, 2.45) is 7.05 Å². The highest BCUT2D eigenvalue weighted by Gasteiger charge is 1.97. The van der Waals surface area contributed by atoms with Crippen LogP contribution in [0.1, 0.15) is 5.56 Å². The number of rotatable bonds is 3. The third-order valence-corrected chi connectivity index (χ3v) is 2.04. The van der Waals surface area contributed by atoms with Crippen LogP contribution < -0.4 is 10.5 Å². The number of ether oxygens (including phenoxy) is 1. The summed E-state index contributed by atoms with van der Waals surface area (Å²) in [5.41, 5.74) is 7.36. The van der Waals surface area contributed by atoms with Crippen LogP contribution in [0.4, 0.5) is 5.69 Å². The average Bonchev–Trinajstić information content (AvgIpc) is 2.64. The Bertz CT molecular complexity index is 433. The molecule has 0 spiro atoms. The lowest BCUT2D eigenvalue weighted by molar-refractivity contribution is 0.306. The lowest BCUT2D eigenvalue weighted by Gasteiger charge is -2.04. The van der Waals surface area contributed by atoms with Gasteiger partial charge in [0.05, 0.1) is 6.20 Å². The first-order valence-electron chi connectivity index (χ1n) is 4.70. The molecule has 2 rings (SSSR count). The zero-order valence-corrected chi connectivity index (χ0v) is 8.55. The van der Waals surface area contributed by atoms with Gasteiger partial charge in [0.25, 0.3) is 0 Å². The Morgan fingerprint density at radius 2 is 2.07 bits per heavy atom. The molecular formula is C11H13N3O. The Balaban J connectivity index is 1.96. The fraction of sp³-hybridized carbons (Fsp3) is 0.182. The van der Waals surface area contributed by atoms with Gasteiger partial charge in [-0.05, 0) is 24.3 Å². The summed E-state index contributed by atoms with van der Waals surface area (Å²) >= 11 is 0. The van der Waals surface area contributed by atoms with E-state index in [-0.39, 0.29) is 0 Å². The average molecular weight is 203 g/mol. The molecule has 0 unspecified atom stereocenters. The van der Waals surface area contributed by atoms with Gasteiger partial charge in [0.2, 0.25) is 0 Å². The van der Waals surface area contributed by atoms with Gasteiger partial charge >= 0.3 is 0 Å². The van der Waals surface area contributed by atoms with Crippen molar-refractivity contribution in [1.82, 2.24) is 9.78 Å². The summed E-state index contributed by atoms with van der Waals surface area (Å²) in [5, 5.41) is 4.06. The fourth-order valence-electron chi connectivity index (χ4n) is 1.28. The molecule has 0 aliphatic heterocycles. The van der Waals surface area contributed by atoms with Gasteiger partial charge in [0.1, 0.15) is 12.4 Å². The number of benzene rings is 1. The molecule has 0 amide bonds. The number of aromatic nitrogens is 2. The van der Waals surface area contributed by atoms with E-state index in [0.717, 1.165) is 17.0 Å². The maximum atomic E-state index is 5.57. The van der Waals surface area contributed by atoms with E-state index in [1.54, 1.807) is 10.9 Å². The molecular weight excluding hydrogens is 190 g/mol. The summed E-state index contributed by atoms with van der Waals surface area (Å²) in [4.78, 5) is 0. The number of anilines is 1. The number of nitrogen functional groups attached to an aromatic ring is 1. The van der Waals surface area contributed by atoms with Crippen molar-refractivity contribution in [1.29, 1.82) is 0 Å². The van der Waals surface area contributed by atoms with E-state index in [2.05, 4.69) is 5.10 Å². The van der Waals surface area contributed by atoms with Crippen LogP contribution in [-0.4, -0.2) is 9.78 Å². The number of nitrogens with zero attached hydrogens (tertiary/aromatic N) is 2. The highest BCUT2D eigenvalue weighted by molar-refractivity contribution is 5.41. The summed E-state index contributed by atoms with van der Waals surface area (Å²) in [5.74, 6) is 0.813. The van der Waals surface area contributed by atoms with Gasteiger partial charge in [-0.15, -0.1) is 0 Å². The van der Waals surface area contributed by atoms with E-state index >= 15 is 0 Å². The molecule has 0 saturated carbocycles. The SMILES string of the molecule is Cn1cc(COc2ccc(N)cc2)cn1. The summed E-state index contributed by atoms with van der Waals surface area (Å²) in [6, 6.07) is 7.34. The number of hydrogen-bond donors (Lipinski definition) is 1. The molecule has 78 valence electrons. The van der Waals surface area contributed by atoms with Crippen molar-refractivity contribution in [2.75, 3.05) is 5.73 Å². The van der Waals surface area contributed by atoms with Gasteiger partial charge < -0.3 is 10.5 Å². The first-order chi connectivity index (χ1) is 7.24.